The maximum atomic E-state index is 6.09. The summed E-state index contributed by atoms with van der Waals surface area (Å²) in [6.07, 6.45) is 3.72. The average molecular weight is 406 g/mol. The Bertz CT molecular complexity index is 1120. The molecule has 146 valence electrons. The second-order valence-corrected chi connectivity index (χ2v) is 7.32. The van der Waals surface area contributed by atoms with Crippen LogP contribution in [0.3, 0.4) is 0 Å². The lowest BCUT2D eigenvalue weighted by Crippen LogP contribution is -2.40. The summed E-state index contributed by atoms with van der Waals surface area (Å²) in [7, 11) is 0. The number of halogens is 1. The molecule has 0 atom stereocenters. The first-order chi connectivity index (χ1) is 14.3. The summed E-state index contributed by atoms with van der Waals surface area (Å²) in [5.74, 6) is 0.795. The Morgan fingerprint density at radius 2 is 1.69 bits per heavy atom. The number of aromatic nitrogens is 3. The van der Waals surface area contributed by atoms with E-state index in [0.717, 1.165) is 46.8 Å². The molecule has 2 aromatic carbocycles. The molecule has 6 nitrogen and oxygen atoms in total. The van der Waals surface area contributed by atoms with Gasteiger partial charge in [-0.3, -0.25) is 0 Å². The van der Waals surface area contributed by atoms with E-state index in [9.17, 15) is 0 Å². The van der Waals surface area contributed by atoms with Gasteiger partial charge in [-0.05, 0) is 29.8 Å². The molecule has 0 spiro atoms. The maximum Gasteiger partial charge on any atom is 0.153 e. The van der Waals surface area contributed by atoms with Gasteiger partial charge in [-0.25, -0.2) is 15.0 Å². The quantitative estimate of drug-likeness (QED) is 0.545. The zero-order chi connectivity index (χ0) is 19.6. The predicted octanol–water partition coefficient (Wildman–Crippen LogP) is 4.40. The third-order valence-electron chi connectivity index (χ3n) is 5.05. The molecule has 7 heteroatoms. The first kappa shape index (κ1) is 18.1. The van der Waals surface area contributed by atoms with Gasteiger partial charge in [0.1, 0.15) is 6.33 Å². The Kier molecular flexibility index (Phi) is 4.89. The lowest BCUT2D eigenvalue weighted by Gasteiger charge is -2.27. The van der Waals surface area contributed by atoms with Gasteiger partial charge in [0.05, 0.1) is 18.6 Å². The number of ether oxygens (including phenoxy) is 1. The van der Waals surface area contributed by atoms with Crippen molar-refractivity contribution < 1.29 is 4.74 Å². The van der Waals surface area contributed by atoms with Crippen LogP contribution in [0.1, 0.15) is 0 Å². The molecule has 1 aliphatic rings. The molecule has 3 heterocycles. The van der Waals surface area contributed by atoms with Gasteiger partial charge >= 0.3 is 0 Å². The van der Waals surface area contributed by atoms with Crippen LogP contribution in [0.4, 0.5) is 5.82 Å². The number of anilines is 1. The maximum absolute atomic E-state index is 6.09. The highest BCUT2D eigenvalue weighted by atomic mass is 35.5. The van der Waals surface area contributed by atoms with E-state index >= 15 is 0 Å². The molecular weight excluding hydrogens is 386 g/mol. The van der Waals surface area contributed by atoms with Gasteiger partial charge in [0, 0.05) is 35.6 Å². The van der Waals surface area contributed by atoms with E-state index < -0.39 is 0 Å². The molecule has 0 aliphatic carbocycles. The van der Waals surface area contributed by atoms with Crippen LogP contribution in [0.5, 0.6) is 0 Å². The Hall–Kier alpha value is -2.93. The highest BCUT2D eigenvalue weighted by molar-refractivity contribution is 6.30. The monoisotopic (exact) mass is 405 g/mol. The fourth-order valence-corrected chi connectivity index (χ4v) is 3.73. The standard InChI is InChI=1S/C22H20ClN5O/c23-17-6-8-18(9-7-17)28-14-19(16-4-2-1-3-5-16)20-21(24-15-25-22(20)28)26-27-10-12-29-13-11-27/h1-9,14-15H,10-13H2,(H,24,25,26). The van der Waals surface area contributed by atoms with Crippen LogP contribution in [0.2, 0.25) is 5.02 Å². The highest BCUT2D eigenvalue weighted by Gasteiger charge is 2.19. The largest absolute Gasteiger partial charge is 0.379 e. The Morgan fingerprint density at radius 1 is 0.931 bits per heavy atom. The Morgan fingerprint density at radius 3 is 2.45 bits per heavy atom. The first-order valence-electron chi connectivity index (χ1n) is 9.56. The molecule has 0 radical (unpaired) electrons. The summed E-state index contributed by atoms with van der Waals surface area (Å²) in [5.41, 5.74) is 7.51. The molecule has 0 saturated carbocycles. The summed E-state index contributed by atoms with van der Waals surface area (Å²) in [4.78, 5) is 9.18. The van der Waals surface area contributed by atoms with Crippen molar-refractivity contribution in [3.63, 3.8) is 0 Å². The van der Waals surface area contributed by atoms with Gasteiger partial charge < -0.3 is 14.7 Å². The van der Waals surface area contributed by atoms with E-state index in [1.54, 1.807) is 6.33 Å². The van der Waals surface area contributed by atoms with Crippen LogP contribution in [0.25, 0.3) is 27.8 Å². The number of hydrogen-bond acceptors (Lipinski definition) is 5. The van der Waals surface area contributed by atoms with Crippen LogP contribution < -0.4 is 5.43 Å². The van der Waals surface area contributed by atoms with Crippen molar-refractivity contribution in [3.05, 3.63) is 72.1 Å². The lowest BCUT2D eigenvalue weighted by atomic mass is 10.1. The van der Waals surface area contributed by atoms with Gasteiger partial charge in [-0.2, -0.15) is 0 Å². The smallest absolute Gasteiger partial charge is 0.153 e. The molecule has 1 saturated heterocycles. The molecule has 2 aromatic heterocycles. The van der Waals surface area contributed by atoms with Gasteiger partial charge in [-0.1, -0.05) is 41.9 Å². The number of morpholine rings is 1. The van der Waals surface area contributed by atoms with Crippen LogP contribution in [-0.2, 0) is 4.74 Å². The number of hydrogen-bond donors (Lipinski definition) is 1. The summed E-state index contributed by atoms with van der Waals surface area (Å²) in [6.45, 7) is 3.03. The number of benzene rings is 2. The van der Waals surface area contributed by atoms with Crippen molar-refractivity contribution in [3.8, 4) is 16.8 Å². The molecule has 5 rings (SSSR count). The number of rotatable bonds is 4. The fourth-order valence-electron chi connectivity index (χ4n) is 3.61. The van der Waals surface area contributed by atoms with E-state index in [0.29, 0.717) is 18.2 Å². The summed E-state index contributed by atoms with van der Waals surface area (Å²) >= 11 is 6.09. The molecule has 0 unspecified atom stereocenters. The third-order valence-corrected chi connectivity index (χ3v) is 5.30. The number of hydrazine groups is 1. The van der Waals surface area contributed by atoms with Crippen molar-refractivity contribution in [1.29, 1.82) is 0 Å². The Balaban J connectivity index is 1.69. The zero-order valence-corrected chi connectivity index (χ0v) is 16.5. The molecule has 4 aromatic rings. The second-order valence-electron chi connectivity index (χ2n) is 6.89. The van der Waals surface area contributed by atoms with Crippen molar-refractivity contribution >= 4 is 28.5 Å². The van der Waals surface area contributed by atoms with Crippen molar-refractivity contribution in [2.75, 3.05) is 31.7 Å². The summed E-state index contributed by atoms with van der Waals surface area (Å²) < 4.78 is 7.54. The molecular formula is C22H20ClN5O. The van der Waals surface area contributed by atoms with Crippen LogP contribution in [0, 0.1) is 0 Å². The second kappa shape index (κ2) is 7.83. The van der Waals surface area contributed by atoms with Crippen LogP contribution in [0.15, 0.2) is 67.1 Å². The van der Waals surface area contributed by atoms with E-state index in [1.165, 1.54) is 0 Å². The molecule has 1 N–H and O–H groups in total. The first-order valence-corrected chi connectivity index (χ1v) is 9.94. The Labute approximate surface area is 173 Å². The van der Waals surface area contributed by atoms with Gasteiger partial charge in [0.2, 0.25) is 0 Å². The van der Waals surface area contributed by atoms with Crippen molar-refractivity contribution in [1.82, 2.24) is 19.5 Å². The van der Waals surface area contributed by atoms with Gasteiger partial charge in [0.15, 0.2) is 11.5 Å². The van der Waals surface area contributed by atoms with Gasteiger partial charge in [-0.15, -0.1) is 0 Å². The topological polar surface area (TPSA) is 55.2 Å². The lowest BCUT2D eigenvalue weighted by molar-refractivity contribution is 0.0495. The molecule has 1 aliphatic heterocycles. The minimum atomic E-state index is 0.706. The normalized spacial score (nSPS) is 14.9. The molecule has 1 fully saturated rings. The zero-order valence-electron chi connectivity index (χ0n) is 15.8. The summed E-state index contributed by atoms with van der Waals surface area (Å²) in [5, 5.41) is 3.83. The van der Waals surface area contributed by atoms with E-state index in [-0.39, 0.29) is 0 Å². The average Bonchev–Trinajstić information content (AvgIpc) is 3.16. The van der Waals surface area contributed by atoms with Crippen molar-refractivity contribution in [2.24, 2.45) is 0 Å². The predicted molar refractivity (Wildman–Crippen MR) is 115 cm³/mol. The molecule has 0 bridgehead atoms. The van der Waals surface area contributed by atoms with E-state index in [1.807, 2.05) is 42.5 Å². The van der Waals surface area contributed by atoms with E-state index in [4.69, 9.17) is 16.3 Å². The van der Waals surface area contributed by atoms with Crippen LogP contribution >= 0.6 is 11.6 Å². The summed E-state index contributed by atoms with van der Waals surface area (Å²) in [6, 6.07) is 18.1. The molecule has 29 heavy (non-hydrogen) atoms. The molecule has 0 amide bonds. The van der Waals surface area contributed by atoms with Gasteiger partial charge in [0.25, 0.3) is 0 Å². The fraction of sp³-hybridized carbons (Fsp3) is 0.182. The number of nitrogens with zero attached hydrogens (tertiary/aromatic N) is 4. The van der Waals surface area contributed by atoms with Crippen LogP contribution in [-0.4, -0.2) is 45.8 Å². The number of fused-ring (bicyclic) bond motifs is 1. The minimum absolute atomic E-state index is 0.706. The van der Waals surface area contributed by atoms with E-state index in [2.05, 4.69) is 43.3 Å². The third kappa shape index (κ3) is 3.58. The minimum Gasteiger partial charge on any atom is -0.379 e. The highest BCUT2D eigenvalue weighted by Crippen LogP contribution is 2.35. The SMILES string of the molecule is Clc1ccc(-n2cc(-c3ccccc3)c3c(NN4CCOCC4)ncnc32)cc1. The van der Waals surface area contributed by atoms with Crippen molar-refractivity contribution in [2.45, 2.75) is 0 Å². The number of nitrogens with one attached hydrogen (secondary N) is 1.